The molecule has 0 aromatic heterocycles. The van der Waals surface area contributed by atoms with E-state index in [2.05, 4.69) is 10.2 Å². The molecule has 0 saturated carbocycles. The third-order valence-electron chi connectivity index (χ3n) is 4.27. The van der Waals surface area contributed by atoms with Crippen molar-refractivity contribution in [1.29, 1.82) is 0 Å². The molecule has 3 rings (SSSR count). The van der Waals surface area contributed by atoms with E-state index in [0.29, 0.717) is 41.0 Å². The Morgan fingerprint density at radius 2 is 1.58 bits per heavy atom. The Hall–Kier alpha value is -2.50. The highest BCUT2D eigenvalue weighted by Crippen LogP contribution is 2.31. The van der Waals surface area contributed by atoms with E-state index < -0.39 is 0 Å². The van der Waals surface area contributed by atoms with Gasteiger partial charge in [0.05, 0.1) is 5.56 Å². The number of benzene rings is 2. The van der Waals surface area contributed by atoms with Crippen LogP contribution in [0.5, 0.6) is 0 Å². The summed E-state index contributed by atoms with van der Waals surface area (Å²) < 4.78 is 0. The summed E-state index contributed by atoms with van der Waals surface area (Å²) in [7, 11) is 2.00. The van der Waals surface area contributed by atoms with Crippen molar-refractivity contribution in [2.45, 2.75) is 0 Å². The molecule has 0 spiro atoms. The standard InChI is InChI=1S/C19H21N3O2/c1-22(11-9-20)12-10-21-16-8-4-7-15-17(16)19(24)14-6-3-2-5-13(14)18(15)23/h2-8,21H,9-12,20H2,1H3. The van der Waals surface area contributed by atoms with Gasteiger partial charge in [0.1, 0.15) is 0 Å². The fourth-order valence-electron chi connectivity index (χ4n) is 3.01. The van der Waals surface area contributed by atoms with E-state index in [9.17, 15) is 9.59 Å². The Bertz CT molecular complexity index is 786. The Labute approximate surface area is 141 Å². The van der Waals surface area contributed by atoms with Crippen LogP contribution in [-0.2, 0) is 0 Å². The van der Waals surface area contributed by atoms with Gasteiger partial charge in [-0.1, -0.05) is 36.4 Å². The largest absolute Gasteiger partial charge is 0.383 e. The van der Waals surface area contributed by atoms with Gasteiger partial charge in [-0.3, -0.25) is 9.59 Å². The number of anilines is 1. The fraction of sp³-hybridized carbons (Fsp3) is 0.263. The number of carbonyl (C=O) groups is 2. The number of hydrogen-bond donors (Lipinski definition) is 2. The summed E-state index contributed by atoms with van der Waals surface area (Å²) >= 11 is 0. The normalized spacial score (nSPS) is 13.0. The lowest BCUT2D eigenvalue weighted by molar-refractivity contribution is 0.0979. The summed E-state index contributed by atoms with van der Waals surface area (Å²) in [6, 6.07) is 12.4. The van der Waals surface area contributed by atoms with Crippen LogP contribution in [-0.4, -0.2) is 49.7 Å². The lowest BCUT2D eigenvalue weighted by atomic mass is 9.83. The SMILES string of the molecule is CN(CCN)CCNc1cccc2c1C(=O)c1ccccc1C2=O. The van der Waals surface area contributed by atoms with Crippen molar-refractivity contribution in [3.8, 4) is 0 Å². The van der Waals surface area contributed by atoms with Crippen LogP contribution in [0.25, 0.3) is 0 Å². The van der Waals surface area contributed by atoms with Crippen LogP contribution >= 0.6 is 0 Å². The first kappa shape index (κ1) is 16.4. The van der Waals surface area contributed by atoms with Crippen molar-refractivity contribution >= 4 is 17.3 Å². The summed E-state index contributed by atoms with van der Waals surface area (Å²) in [4.78, 5) is 27.6. The second kappa shape index (κ2) is 6.95. The van der Waals surface area contributed by atoms with E-state index in [1.807, 2.05) is 19.2 Å². The van der Waals surface area contributed by atoms with Gasteiger partial charge in [0, 0.05) is 48.6 Å². The third-order valence-corrected chi connectivity index (χ3v) is 4.27. The minimum absolute atomic E-state index is 0.0934. The molecule has 24 heavy (non-hydrogen) atoms. The number of nitrogens with one attached hydrogen (secondary N) is 1. The molecule has 0 heterocycles. The first-order valence-electron chi connectivity index (χ1n) is 8.07. The average molecular weight is 323 g/mol. The van der Waals surface area contributed by atoms with Gasteiger partial charge in [-0.15, -0.1) is 0 Å². The smallest absolute Gasteiger partial charge is 0.196 e. The Morgan fingerprint density at radius 3 is 2.29 bits per heavy atom. The van der Waals surface area contributed by atoms with Gasteiger partial charge in [0.25, 0.3) is 0 Å². The number of likely N-dealkylation sites (N-methyl/N-ethyl adjacent to an activating group) is 1. The zero-order valence-corrected chi connectivity index (χ0v) is 13.7. The number of rotatable bonds is 6. The maximum absolute atomic E-state index is 12.9. The molecule has 2 aromatic carbocycles. The van der Waals surface area contributed by atoms with E-state index in [1.165, 1.54) is 0 Å². The van der Waals surface area contributed by atoms with Crippen LogP contribution in [0.3, 0.4) is 0 Å². The van der Waals surface area contributed by atoms with Crippen LogP contribution < -0.4 is 11.1 Å². The highest BCUT2D eigenvalue weighted by atomic mass is 16.1. The van der Waals surface area contributed by atoms with Crippen LogP contribution in [0.15, 0.2) is 42.5 Å². The number of nitrogens with zero attached hydrogens (tertiary/aromatic N) is 1. The van der Waals surface area contributed by atoms with Gasteiger partial charge in [-0.25, -0.2) is 0 Å². The summed E-state index contributed by atoms with van der Waals surface area (Å²) in [5.74, 6) is -0.192. The zero-order valence-electron chi connectivity index (χ0n) is 13.7. The first-order valence-corrected chi connectivity index (χ1v) is 8.07. The monoisotopic (exact) mass is 323 g/mol. The Balaban J connectivity index is 1.87. The van der Waals surface area contributed by atoms with Crippen LogP contribution in [0, 0.1) is 0 Å². The van der Waals surface area contributed by atoms with Crippen molar-refractivity contribution in [3.05, 3.63) is 64.7 Å². The molecule has 0 atom stereocenters. The topological polar surface area (TPSA) is 75.4 Å². The molecule has 0 aliphatic heterocycles. The summed E-state index contributed by atoms with van der Waals surface area (Å²) in [5, 5.41) is 3.29. The summed E-state index contributed by atoms with van der Waals surface area (Å²) in [6.07, 6.45) is 0. The van der Waals surface area contributed by atoms with Gasteiger partial charge < -0.3 is 16.0 Å². The molecule has 0 amide bonds. The number of ketones is 2. The highest BCUT2D eigenvalue weighted by molar-refractivity contribution is 6.30. The van der Waals surface area contributed by atoms with E-state index in [4.69, 9.17) is 5.73 Å². The summed E-state index contributed by atoms with van der Waals surface area (Å²) in [6.45, 7) is 2.91. The van der Waals surface area contributed by atoms with Gasteiger partial charge in [-0.2, -0.15) is 0 Å². The molecule has 3 N–H and O–H groups in total. The quantitative estimate of drug-likeness (QED) is 0.723. The number of nitrogens with two attached hydrogens (primary N) is 1. The number of fused-ring (bicyclic) bond motifs is 2. The fourth-order valence-corrected chi connectivity index (χ4v) is 3.01. The van der Waals surface area contributed by atoms with E-state index in [1.54, 1.807) is 30.3 Å². The van der Waals surface area contributed by atoms with Gasteiger partial charge >= 0.3 is 0 Å². The van der Waals surface area contributed by atoms with E-state index >= 15 is 0 Å². The molecule has 2 aromatic rings. The third kappa shape index (κ3) is 2.96. The molecule has 0 bridgehead atoms. The molecule has 0 radical (unpaired) electrons. The molecule has 1 aliphatic carbocycles. The lowest BCUT2D eigenvalue weighted by Gasteiger charge is -2.21. The van der Waals surface area contributed by atoms with Crippen molar-refractivity contribution in [1.82, 2.24) is 4.90 Å². The first-order chi connectivity index (χ1) is 11.6. The number of hydrogen-bond acceptors (Lipinski definition) is 5. The van der Waals surface area contributed by atoms with Crippen molar-refractivity contribution < 1.29 is 9.59 Å². The molecule has 124 valence electrons. The Morgan fingerprint density at radius 1 is 0.917 bits per heavy atom. The van der Waals surface area contributed by atoms with Crippen molar-refractivity contribution in [2.75, 3.05) is 38.5 Å². The molecule has 0 saturated heterocycles. The molecule has 1 aliphatic rings. The maximum Gasteiger partial charge on any atom is 0.196 e. The lowest BCUT2D eigenvalue weighted by Crippen LogP contribution is -2.30. The predicted octanol–water partition coefficient (Wildman–Crippen LogP) is 1.76. The second-order valence-corrected chi connectivity index (χ2v) is 5.95. The molecule has 5 heteroatoms. The Kier molecular flexibility index (Phi) is 4.74. The molecular formula is C19H21N3O2. The number of carbonyl (C=O) groups excluding carboxylic acids is 2. The minimum atomic E-state index is -0.0985. The van der Waals surface area contributed by atoms with E-state index in [-0.39, 0.29) is 11.6 Å². The molecule has 5 nitrogen and oxygen atoms in total. The van der Waals surface area contributed by atoms with Crippen molar-refractivity contribution in [2.24, 2.45) is 5.73 Å². The van der Waals surface area contributed by atoms with Crippen LogP contribution in [0.1, 0.15) is 31.8 Å². The molecule has 0 fully saturated rings. The average Bonchev–Trinajstić information content (AvgIpc) is 2.60. The summed E-state index contributed by atoms with van der Waals surface area (Å²) in [5.41, 5.74) is 8.15. The zero-order chi connectivity index (χ0) is 17.1. The predicted molar refractivity (Wildman–Crippen MR) is 94.8 cm³/mol. The maximum atomic E-state index is 12.9. The highest BCUT2D eigenvalue weighted by Gasteiger charge is 2.31. The minimum Gasteiger partial charge on any atom is -0.383 e. The van der Waals surface area contributed by atoms with E-state index in [0.717, 1.165) is 13.1 Å². The van der Waals surface area contributed by atoms with Gasteiger partial charge in [0.15, 0.2) is 11.6 Å². The molecular weight excluding hydrogens is 302 g/mol. The van der Waals surface area contributed by atoms with Crippen LogP contribution in [0.4, 0.5) is 5.69 Å². The second-order valence-electron chi connectivity index (χ2n) is 5.95. The van der Waals surface area contributed by atoms with Gasteiger partial charge in [-0.05, 0) is 13.1 Å². The molecule has 0 unspecified atom stereocenters. The van der Waals surface area contributed by atoms with Gasteiger partial charge in [0.2, 0.25) is 0 Å². The van der Waals surface area contributed by atoms with Crippen LogP contribution in [0.2, 0.25) is 0 Å². The van der Waals surface area contributed by atoms with Crippen molar-refractivity contribution in [3.63, 3.8) is 0 Å².